The molecule has 5 heteroatoms. The second kappa shape index (κ2) is 6.54. The normalized spacial score (nSPS) is 11.2. The first-order valence-corrected chi connectivity index (χ1v) is 7.93. The highest BCUT2D eigenvalue weighted by molar-refractivity contribution is 7.91. The molecule has 2 aromatic rings. The monoisotopic (exact) mass is 292 g/mol. The van der Waals surface area contributed by atoms with Gasteiger partial charge in [0.25, 0.3) is 0 Å². The highest BCUT2D eigenvalue weighted by Crippen LogP contribution is 2.23. The Balaban J connectivity index is 2.10. The summed E-state index contributed by atoms with van der Waals surface area (Å²) in [4.78, 5) is 0.242. The van der Waals surface area contributed by atoms with Crippen molar-refractivity contribution in [3.63, 3.8) is 0 Å². The molecule has 0 aliphatic rings. The largest absolute Gasteiger partial charge is 0.457 e. The molecule has 0 atom stereocenters. The lowest BCUT2D eigenvalue weighted by molar-refractivity contribution is 0.295. The molecule has 1 N–H and O–H groups in total. The smallest absolute Gasteiger partial charge is 0.178 e. The predicted molar refractivity (Wildman–Crippen MR) is 76.7 cm³/mol. The number of aliphatic hydroxyl groups excluding tert-OH is 1. The van der Waals surface area contributed by atoms with Crippen LogP contribution < -0.4 is 4.74 Å². The molecule has 0 amide bonds. The molecule has 0 aliphatic heterocycles. The van der Waals surface area contributed by atoms with E-state index in [1.807, 2.05) is 30.3 Å². The van der Waals surface area contributed by atoms with E-state index in [9.17, 15) is 8.42 Å². The number of aliphatic hydroxyl groups is 1. The van der Waals surface area contributed by atoms with Crippen LogP contribution in [0.25, 0.3) is 0 Å². The molecule has 0 heterocycles. The van der Waals surface area contributed by atoms with Crippen molar-refractivity contribution in [3.8, 4) is 11.5 Å². The van der Waals surface area contributed by atoms with Gasteiger partial charge in [0.05, 0.1) is 10.6 Å². The van der Waals surface area contributed by atoms with Crippen LogP contribution in [0.1, 0.15) is 6.42 Å². The van der Waals surface area contributed by atoms with Crippen molar-refractivity contribution >= 4 is 9.84 Å². The number of hydrogen-bond donors (Lipinski definition) is 1. The molecule has 0 spiro atoms. The fraction of sp³-hybridized carbons (Fsp3) is 0.200. The zero-order chi connectivity index (χ0) is 14.4. The van der Waals surface area contributed by atoms with E-state index in [2.05, 4.69) is 0 Å². The Morgan fingerprint density at radius 2 is 1.50 bits per heavy atom. The molecule has 0 bridgehead atoms. The first-order chi connectivity index (χ1) is 9.62. The Bertz CT molecular complexity index is 633. The van der Waals surface area contributed by atoms with Crippen LogP contribution in [0.4, 0.5) is 0 Å². The van der Waals surface area contributed by atoms with Gasteiger partial charge in [0.1, 0.15) is 11.5 Å². The van der Waals surface area contributed by atoms with Crippen LogP contribution in [0.2, 0.25) is 0 Å². The summed E-state index contributed by atoms with van der Waals surface area (Å²) in [6.45, 7) is -0.131. The second-order valence-corrected chi connectivity index (χ2v) is 6.39. The summed E-state index contributed by atoms with van der Waals surface area (Å²) in [7, 11) is -3.33. The van der Waals surface area contributed by atoms with E-state index in [1.165, 1.54) is 12.1 Å². The third-order valence-corrected chi connectivity index (χ3v) is 4.55. The van der Waals surface area contributed by atoms with Gasteiger partial charge in [0.2, 0.25) is 0 Å². The summed E-state index contributed by atoms with van der Waals surface area (Å²) in [6.07, 6.45) is 0.241. The number of rotatable bonds is 6. The highest BCUT2D eigenvalue weighted by Gasteiger charge is 2.13. The summed E-state index contributed by atoms with van der Waals surface area (Å²) in [5.41, 5.74) is 0. The van der Waals surface area contributed by atoms with Gasteiger partial charge in [-0.3, -0.25) is 0 Å². The van der Waals surface area contributed by atoms with Gasteiger partial charge >= 0.3 is 0 Å². The van der Waals surface area contributed by atoms with Crippen molar-refractivity contribution < 1.29 is 18.3 Å². The lowest BCUT2D eigenvalue weighted by Gasteiger charge is -2.07. The Hall–Kier alpha value is -1.85. The predicted octanol–water partition coefficient (Wildman–Crippen LogP) is 2.64. The maximum atomic E-state index is 11.9. The van der Waals surface area contributed by atoms with Crippen LogP contribution in [-0.4, -0.2) is 25.9 Å². The van der Waals surface area contributed by atoms with E-state index in [1.54, 1.807) is 12.1 Å². The fourth-order valence-corrected chi connectivity index (χ4v) is 3.01. The summed E-state index contributed by atoms with van der Waals surface area (Å²) in [5, 5.41) is 8.70. The summed E-state index contributed by atoms with van der Waals surface area (Å²) < 4.78 is 29.4. The minimum absolute atomic E-state index is 0.0532. The summed E-state index contributed by atoms with van der Waals surface area (Å²) in [5.74, 6) is 1.23. The number of benzene rings is 2. The van der Waals surface area contributed by atoms with Crippen LogP contribution in [-0.2, 0) is 9.84 Å². The van der Waals surface area contributed by atoms with Crippen molar-refractivity contribution in [2.75, 3.05) is 12.4 Å². The Kier molecular flexibility index (Phi) is 4.76. The lowest BCUT2D eigenvalue weighted by Crippen LogP contribution is -2.08. The van der Waals surface area contributed by atoms with Crippen molar-refractivity contribution in [2.45, 2.75) is 11.3 Å². The van der Waals surface area contributed by atoms with Gasteiger partial charge in [-0.25, -0.2) is 8.42 Å². The fourth-order valence-electron chi connectivity index (χ4n) is 1.71. The second-order valence-electron chi connectivity index (χ2n) is 4.28. The van der Waals surface area contributed by atoms with Crippen molar-refractivity contribution in [1.29, 1.82) is 0 Å². The van der Waals surface area contributed by atoms with Crippen LogP contribution in [0.5, 0.6) is 11.5 Å². The average Bonchev–Trinajstić information content (AvgIpc) is 2.47. The van der Waals surface area contributed by atoms with E-state index in [0.29, 0.717) is 11.5 Å². The molecular weight excluding hydrogens is 276 g/mol. The van der Waals surface area contributed by atoms with E-state index in [0.717, 1.165) is 0 Å². The third-order valence-electron chi connectivity index (χ3n) is 2.73. The van der Waals surface area contributed by atoms with Crippen LogP contribution in [0.3, 0.4) is 0 Å². The molecule has 4 nitrogen and oxygen atoms in total. The molecule has 0 aromatic heterocycles. The average molecular weight is 292 g/mol. The van der Waals surface area contributed by atoms with Gasteiger partial charge in [-0.2, -0.15) is 0 Å². The number of sulfone groups is 1. The van der Waals surface area contributed by atoms with Crippen LogP contribution in [0.15, 0.2) is 59.5 Å². The molecule has 0 saturated heterocycles. The van der Waals surface area contributed by atoms with Gasteiger partial charge in [-0.1, -0.05) is 18.2 Å². The number of hydrogen-bond acceptors (Lipinski definition) is 4. The molecular formula is C15H16O4S. The molecule has 106 valence electrons. The molecule has 0 unspecified atom stereocenters. The van der Waals surface area contributed by atoms with Crippen LogP contribution >= 0.6 is 0 Å². The molecule has 20 heavy (non-hydrogen) atoms. The maximum Gasteiger partial charge on any atom is 0.178 e. The number of ether oxygens (including phenoxy) is 1. The zero-order valence-corrected chi connectivity index (χ0v) is 11.7. The van der Waals surface area contributed by atoms with Gasteiger partial charge in [0.15, 0.2) is 9.84 Å². The topological polar surface area (TPSA) is 63.6 Å². The first kappa shape index (κ1) is 14.6. The Morgan fingerprint density at radius 3 is 2.10 bits per heavy atom. The van der Waals surface area contributed by atoms with Crippen molar-refractivity contribution in [1.82, 2.24) is 0 Å². The summed E-state index contributed by atoms with van der Waals surface area (Å²) in [6, 6.07) is 15.6. The Morgan fingerprint density at radius 1 is 0.900 bits per heavy atom. The molecule has 0 aliphatic carbocycles. The minimum Gasteiger partial charge on any atom is -0.457 e. The molecule has 0 saturated carbocycles. The standard InChI is InChI=1S/C15H16O4S/c16-11-4-12-20(17,18)15-9-7-14(8-10-15)19-13-5-2-1-3-6-13/h1-3,5-10,16H,4,11-12H2. The number of para-hydroxylation sites is 1. The SMILES string of the molecule is O=S(=O)(CCCO)c1ccc(Oc2ccccc2)cc1. The minimum atomic E-state index is -3.33. The maximum absolute atomic E-state index is 11.9. The van der Waals surface area contributed by atoms with E-state index >= 15 is 0 Å². The van der Waals surface area contributed by atoms with Gasteiger partial charge in [-0.05, 0) is 42.8 Å². The van der Waals surface area contributed by atoms with Gasteiger partial charge in [0, 0.05) is 6.61 Å². The summed E-state index contributed by atoms with van der Waals surface area (Å²) >= 11 is 0. The van der Waals surface area contributed by atoms with E-state index < -0.39 is 9.84 Å². The quantitative estimate of drug-likeness (QED) is 0.889. The van der Waals surface area contributed by atoms with E-state index in [-0.39, 0.29) is 23.7 Å². The Labute approximate surface area is 118 Å². The van der Waals surface area contributed by atoms with Crippen molar-refractivity contribution in [2.24, 2.45) is 0 Å². The van der Waals surface area contributed by atoms with Gasteiger partial charge < -0.3 is 9.84 Å². The molecule has 0 radical (unpaired) electrons. The molecule has 2 aromatic carbocycles. The third kappa shape index (κ3) is 3.82. The van der Waals surface area contributed by atoms with Crippen LogP contribution in [0, 0.1) is 0 Å². The lowest BCUT2D eigenvalue weighted by atomic mass is 10.3. The molecule has 0 fully saturated rings. The highest BCUT2D eigenvalue weighted by atomic mass is 32.2. The van der Waals surface area contributed by atoms with Crippen molar-refractivity contribution in [3.05, 3.63) is 54.6 Å². The van der Waals surface area contributed by atoms with E-state index in [4.69, 9.17) is 9.84 Å². The van der Waals surface area contributed by atoms with Gasteiger partial charge in [-0.15, -0.1) is 0 Å². The zero-order valence-electron chi connectivity index (χ0n) is 10.9. The first-order valence-electron chi connectivity index (χ1n) is 6.28. The molecule has 2 rings (SSSR count).